The van der Waals surface area contributed by atoms with Crippen molar-refractivity contribution in [2.45, 2.75) is 71.6 Å². The first-order chi connectivity index (χ1) is 17.1. The van der Waals surface area contributed by atoms with Gasteiger partial charge in [-0.05, 0) is 22.4 Å². The normalized spacial score (nSPS) is 23.5. The number of thiophene rings is 1. The smallest absolute Gasteiger partial charge is 0.303 e. The Morgan fingerprint density at radius 2 is 1.61 bits per heavy atom. The molecule has 3 rings (SSSR count). The van der Waals surface area contributed by atoms with E-state index >= 15 is 0 Å². The van der Waals surface area contributed by atoms with Gasteiger partial charge < -0.3 is 28.4 Å². The monoisotopic (exact) mass is 525 g/mol. The van der Waals surface area contributed by atoms with Gasteiger partial charge in [0.2, 0.25) is 0 Å². The molecule has 0 unspecified atom stereocenters. The fourth-order valence-corrected chi connectivity index (χ4v) is 4.22. The van der Waals surface area contributed by atoms with Crippen molar-refractivity contribution in [3.05, 3.63) is 34.3 Å². The number of esters is 4. The lowest BCUT2D eigenvalue weighted by atomic mass is 9.97. The summed E-state index contributed by atoms with van der Waals surface area (Å²) in [6.07, 6.45) is -4.54. The second kappa shape index (κ2) is 12.6. The van der Waals surface area contributed by atoms with E-state index in [1.807, 2.05) is 16.8 Å². The summed E-state index contributed by atoms with van der Waals surface area (Å²) in [7, 11) is 0. The van der Waals surface area contributed by atoms with E-state index < -0.39 is 54.5 Å². The SMILES string of the molecule is CC(=O)OC[C@H]1O[C@@H](n2cc(COCc3ccsc3)nn2)[C@H](OC(C)=O)[C@@H](OC(C)=O)[C@@H]1OC(C)=O. The van der Waals surface area contributed by atoms with Crippen molar-refractivity contribution < 1.29 is 47.6 Å². The van der Waals surface area contributed by atoms with Crippen LogP contribution in [0.4, 0.5) is 0 Å². The van der Waals surface area contributed by atoms with Crippen LogP contribution in [0.5, 0.6) is 0 Å². The Labute approximate surface area is 210 Å². The Kier molecular flexibility index (Phi) is 9.50. The Bertz CT molecular complexity index is 1060. The van der Waals surface area contributed by atoms with Gasteiger partial charge in [0.1, 0.15) is 18.4 Å². The largest absolute Gasteiger partial charge is 0.463 e. The number of nitrogens with zero attached hydrogens (tertiary/aromatic N) is 3. The summed E-state index contributed by atoms with van der Waals surface area (Å²) < 4.78 is 34.3. The maximum absolute atomic E-state index is 11.9. The summed E-state index contributed by atoms with van der Waals surface area (Å²) in [5.74, 6) is -2.74. The standard InChI is InChI=1S/C22H27N3O10S/c1-12(26)31-10-18-19(32-13(2)27)20(33-14(3)28)21(34-15(4)29)22(35-18)25-7-17(23-24-25)9-30-8-16-5-6-36-11-16/h5-7,11,18-22H,8-10H2,1-4H3/t18-,19-,20+,21-,22-/m1/s1. The number of carbonyl (C=O) groups excluding carboxylic acids is 4. The van der Waals surface area contributed by atoms with Gasteiger partial charge in [-0.2, -0.15) is 11.3 Å². The third kappa shape index (κ3) is 7.57. The van der Waals surface area contributed by atoms with Gasteiger partial charge in [0.25, 0.3) is 0 Å². The zero-order chi connectivity index (χ0) is 26.2. The van der Waals surface area contributed by atoms with E-state index in [0.717, 1.165) is 19.4 Å². The predicted octanol–water partition coefficient (Wildman–Crippen LogP) is 1.31. The van der Waals surface area contributed by atoms with Crippen LogP contribution in [0.3, 0.4) is 0 Å². The van der Waals surface area contributed by atoms with Gasteiger partial charge in [-0.25, -0.2) is 4.68 Å². The third-order valence-corrected chi connectivity index (χ3v) is 5.62. The van der Waals surface area contributed by atoms with Crippen molar-refractivity contribution in [2.75, 3.05) is 6.61 Å². The summed E-state index contributed by atoms with van der Waals surface area (Å²) in [6, 6.07) is 1.94. The molecule has 2 aromatic rings. The fourth-order valence-electron chi connectivity index (χ4n) is 3.57. The van der Waals surface area contributed by atoms with Crippen LogP contribution in [-0.2, 0) is 60.8 Å². The van der Waals surface area contributed by atoms with E-state index in [-0.39, 0.29) is 13.2 Å². The minimum atomic E-state index is -1.29. The molecular formula is C22H27N3O10S. The van der Waals surface area contributed by atoms with Crippen LogP contribution in [-0.4, -0.2) is 69.9 Å². The number of aromatic nitrogens is 3. The molecule has 1 aliphatic rings. The number of rotatable bonds is 10. The molecule has 196 valence electrons. The Balaban J connectivity index is 1.88. The molecule has 0 spiro atoms. The van der Waals surface area contributed by atoms with Crippen LogP contribution in [0.1, 0.15) is 45.2 Å². The van der Waals surface area contributed by atoms with E-state index in [0.29, 0.717) is 12.3 Å². The van der Waals surface area contributed by atoms with E-state index in [2.05, 4.69) is 10.3 Å². The molecule has 0 N–H and O–H groups in total. The summed E-state index contributed by atoms with van der Waals surface area (Å²) in [4.78, 5) is 47.1. The summed E-state index contributed by atoms with van der Waals surface area (Å²) >= 11 is 1.56. The first-order valence-corrected chi connectivity index (χ1v) is 11.9. The van der Waals surface area contributed by atoms with Crippen molar-refractivity contribution in [3.8, 4) is 0 Å². The molecule has 14 heteroatoms. The highest BCUT2D eigenvalue weighted by molar-refractivity contribution is 7.07. The highest BCUT2D eigenvalue weighted by atomic mass is 32.1. The molecule has 1 aliphatic heterocycles. The Hall–Kier alpha value is -3.36. The van der Waals surface area contributed by atoms with Crippen molar-refractivity contribution in [2.24, 2.45) is 0 Å². The van der Waals surface area contributed by atoms with Crippen molar-refractivity contribution in [1.29, 1.82) is 0 Å². The van der Waals surface area contributed by atoms with Crippen LogP contribution in [0, 0.1) is 0 Å². The summed E-state index contributed by atoms with van der Waals surface area (Å²) in [5, 5.41) is 12.0. The number of carbonyl (C=O) groups is 4. The van der Waals surface area contributed by atoms with Gasteiger partial charge in [-0.1, -0.05) is 5.21 Å². The number of hydrogen-bond donors (Lipinski definition) is 0. The maximum Gasteiger partial charge on any atom is 0.303 e. The van der Waals surface area contributed by atoms with E-state index in [1.165, 1.54) is 24.7 Å². The predicted molar refractivity (Wildman–Crippen MR) is 120 cm³/mol. The first kappa shape index (κ1) is 27.2. The molecule has 0 aromatic carbocycles. The van der Waals surface area contributed by atoms with Crippen LogP contribution >= 0.6 is 11.3 Å². The molecule has 0 amide bonds. The summed E-state index contributed by atoms with van der Waals surface area (Å²) in [6.45, 7) is 4.86. The minimum Gasteiger partial charge on any atom is -0.463 e. The van der Waals surface area contributed by atoms with Crippen molar-refractivity contribution in [1.82, 2.24) is 15.0 Å². The highest BCUT2D eigenvalue weighted by Gasteiger charge is 2.53. The van der Waals surface area contributed by atoms with Gasteiger partial charge in [-0.15, -0.1) is 5.10 Å². The zero-order valence-corrected chi connectivity index (χ0v) is 21.0. The number of hydrogen-bond acceptors (Lipinski definition) is 13. The number of ether oxygens (including phenoxy) is 6. The van der Waals surface area contributed by atoms with E-state index in [1.54, 1.807) is 11.3 Å². The molecule has 1 saturated heterocycles. The lowest BCUT2D eigenvalue weighted by Crippen LogP contribution is -2.60. The average Bonchev–Trinajstić information content (AvgIpc) is 3.47. The van der Waals surface area contributed by atoms with Crippen LogP contribution in [0.25, 0.3) is 0 Å². The molecule has 0 radical (unpaired) electrons. The van der Waals surface area contributed by atoms with Crippen LogP contribution in [0.15, 0.2) is 23.0 Å². The molecule has 0 saturated carbocycles. The lowest BCUT2D eigenvalue weighted by molar-refractivity contribution is -0.270. The zero-order valence-electron chi connectivity index (χ0n) is 20.1. The quantitative estimate of drug-likeness (QED) is 0.324. The van der Waals surface area contributed by atoms with Crippen LogP contribution in [0.2, 0.25) is 0 Å². The molecule has 13 nitrogen and oxygen atoms in total. The topological polar surface area (TPSA) is 154 Å². The Morgan fingerprint density at radius 3 is 2.22 bits per heavy atom. The van der Waals surface area contributed by atoms with Gasteiger partial charge in [0, 0.05) is 27.7 Å². The van der Waals surface area contributed by atoms with Gasteiger partial charge in [0.15, 0.2) is 24.5 Å². The van der Waals surface area contributed by atoms with Gasteiger partial charge >= 0.3 is 23.9 Å². The molecule has 5 atom stereocenters. The van der Waals surface area contributed by atoms with Crippen LogP contribution < -0.4 is 0 Å². The molecule has 2 aromatic heterocycles. The summed E-state index contributed by atoms with van der Waals surface area (Å²) in [5.41, 5.74) is 1.48. The first-order valence-electron chi connectivity index (χ1n) is 10.9. The Morgan fingerprint density at radius 1 is 0.944 bits per heavy atom. The molecule has 1 fully saturated rings. The minimum absolute atomic E-state index is 0.140. The second-order valence-electron chi connectivity index (χ2n) is 7.90. The highest BCUT2D eigenvalue weighted by Crippen LogP contribution is 2.34. The van der Waals surface area contributed by atoms with Gasteiger partial charge in [0.05, 0.1) is 19.4 Å². The van der Waals surface area contributed by atoms with Gasteiger partial charge in [-0.3, -0.25) is 19.2 Å². The van der Waals surface area contributed by atoms with Crippen molar-refractivity contribution in [3.63, 3.8) is 0 Å². The molecule has 0 aliphatic carbocycles. The molecule has 36 heavy (non-hydrogen) atoms. The third-order valence-electron chi connectivity index (χ3n) is 4.88. The molecular weight excluding hydrogens is 498 g/mol. The van der Waals surface area contributed by atoms with E-state index in [9.17, 15) is 19.2 Å². The molecule has 0 bridgehead atoms. The lowest BCUT2D eigenvalue weighted by Gasteiger charge is -2.44. The fraction of sp³-hybridized carbons (Fsp3) is 0.545. The second-order valence-corrected chi connectivity index (χ2v) is 8.68. The average molecular weight is 526 g/mol. The van der Waals surface area contributed by atoms with E-state index in [4.69, 9.17) is 28.4 Å². The molecule has 3 heterocycles. The van der Waals surface area contributed by atoms with Crippen molar-refractivity contribution >= 4 is 35.2 Å². The maximum atomic E-state index is 11.9.